The Morgan fingerprint density at radius 1 is 0.561 bits per heavy atom. The quantitative estimate of drug-likeness (QED) is 0.0982. The number of hydrogen-bond donors (Lipinski definition) is 1. The lowest BCUT2D eigenvalue weighted by Crippen LogP contribution is -2.15. The first-order valence-electron chi connectivity index (χ1n) is 13.3. The highest BCUT2D eigenvalue weighted by Crippen LogP contribution is 2.28. The highest BCUT2D eigenvalue weighted by Gasteiger charge is 2.19. The van der Waals surface area contributed by atoms with Crippen molar-refractivity contribution >= 4 is 17.1 Å². The molecular weight excluding hydrogens is 542 g/mol. The maximum absolute atomic E-state index is 11.1. The van der Waals surface area contributed by atoms with Gasteiger partial charge in [-0.05, 0) is 11.6 Å². The Labute approximate surface area is 239 Å². The molecule has 14 nitrogen and oxygen atoms in total. The van der Waals surface area contributed by atoms with Crippen LogP contribution in [0.5, 0.6) is 0 Å². The molecule has 0 radical (unpaired) electrons. The molecule has 2 aromatic rings. The van der Waals surface area contributed by atoms with Crippen molar-refractivity contribution in [1.29, 1.82) is 0 Å². The summed E-state index contributed by atoms with van der Waals surface area (Å²) in [5.74, 6) is 0. The molecule has 0 heterocycles. The van der Waals surface area contributed by atoms with Crippen molar-refractivity contribution in [2.75, 3.05) is 97.8 Å². The van der Waals surface area contributed by atoms with Gasteiger partial charge in [-0.3, -0.25) is 20.2 Å². The second-order valence-electron chi connectivity index (χ2n) is 8.35. The molecule has 1 N–H and O–H groups in total. The summed E-state index contributed by atoms with van der Waals surface area (Å²) in [6.07, 6.45) is 0. The van der Waals surface area contributed by atoms with Gasteiger partial charge in [0.15, 0.2) is 0 Å². The Morgan fingerprint density at radius 2 is 1.02 bits per heavy atom. The molecular formula is C27H39N3O11. The molecule has 2 rings (SSSR count). The average Bonchev–Trinajstić information content (AvgIpc) is 2.98. The molecule has 0 amide bonds. The summed E-state index contributed by atoms with van der Waals surface area (Å²) in [6, 6.07) is 13.4. The summed E-state index contributed by atoms with van der Waals surface area (Å²) in [7, 11) is 0. The second kappa shape index (κ2) is 22.4. The predicted molar refractivity (Wildman–Crippen MR) is 149 cm³/mol. The minimum Gasteiger partial charge on any atom is -0.377 e. The number of non-ortho nitro benzene ring substituents is 1. The summed E-state index contributed by atoms with van der Waals surface area (Å²) < 4.78 is 38.2. The van der Waals surface area contributed by atoms with Crippen molar-refractivity contribution in [2.24, 2.45) is 0 Å². The summed E-state index contributed by atoms with van der Waals surface area (Å²) in [5.41, 5.74) is 0.628. The zero-order valence-corrected chi connectivity index (χ0v) is 23.1. The smallest absolute Gasteiger partial charge is 0.299 e. The number of nitro benzene ring substituents is 2. The lowest BCUT2D eigenvalue weighted by molar-refractivity contribution is -0.393. The maximum Gasteiger partial charge on any atom is 0.299 e. The largest absolute Gasteiger partial charge is 0.377 e. The Hall–Kier alpha value is -3.24. The highest BCUT2D eigenvalue weighted by molar-refractivity contribution is 5.65. The van der Waals surface area contributed by atoms with Crippen molar-refractivity contribution < 1.29 is 43.0 Å². The van der Waals surface area contributed by atoms with Crippen molar-refractivity contribution in [3.8, 4) is 0 Å². The molecule has 0 saturated heterocycles. The molecule has 0 aliphatic heterocycles. The van der Waals surface area contributed by atoms with E-state index in [9.17, 15) is 20.2 Å². The van der Waals surface area contributed by atoms with E-state index >= 15 is 0 Å². The zero-order valence-electron chi connectivity index (χ0n) is 23.1. The molecule has 0 aliphatic rings. The van der Waals surface area contributed by atoms with Gasteiger partial charge in [0, 0.05) is 12.6 Å². The van der Waals surface area contributed by atoms with Crippen LogP contribution in [0.25, 0.3) is 0 Å². The van der Waals surface area contributed by atoms with Crippen molar-refractivity contribution in [3.05, 3.63) is 74.3 Å². The number of benzene rings is 2. The third-order valence-corrected chi connectivity index (χ3v) is 5.29. The number of nitrogens with one attached hydrogen (secondary N) is 1. The van der Waals surface area contributed by atoms with E-state index in [0.29, 0.717) is 92.4 Å². The number of anilines is 1. The van der Waals surface area contributed by atoms with Gasteiger partial charge in [0.25, 0.3) is 11.4 Å². The molecule has 0 atom stereocenters. The molecule has 41 heavy (non-hydrogen) atoms. The number of nitrogens with zero attached hydrogens (tertiary/aromatic N) is 2. The molecule has 228 valence electrons. The Balaban J connectivity index is 1.28. The van der Waals surface area contributed by atoms with Gasteiger partial charge in [-0.1, -0.05) is 30.3 Å². The first kappa shape index (κ1) is 34.0. The van der Waals surface area contributed by atoms with E-state index in [4.69, 9.17) is 33.2 Å². The molecule has 0 unspecified atom stereocenters. The van der Waals surface area contributed by atoms with E-state index < -0.39 is 9.85 Å². The SMILES string of the molecule is O=[N+]([O-])c1ccc(NCCOCCOCCOCCOCCOCCOCCOCc2ccccc2)c([N+](=O)[O-])c1. The van der Waals surface area contributed by atoms with Gasteiger partial charge in [0.1, 0.15) is 5.69 Å². The number of rotatable bonds is 26. The summed E-state index contributed by atoms with van der Waals surface area (Å²) in [5, 5.41) is 24.7. The summed E-state index contributed by atoms with van der Waals surface area (Å²) in [6.45, 7) is 6.67. The fourth-order valence-electron chi connectivity index (χ4n) is 3.28. The summed E-state index contributed by atoms with van der Waals surface area (Å²) in [4.78, 5) is 20.5. The fraction of sp³-hybridized carbons (Fsp3) is 0.556. The van der Waals surface area contributed by atoms with Gasteiger partial charge in [-0.15, -0.1) is 0 Å². The molecule has 2 aromatic carbocycles. The Morgan fingerprint density at radius 3 is 1.49 bits per heavy atom. The van der Waals surface area contributed by atoms with Gasteiger partial charge in [-0.2, -0.15) is 0 Å². The van der Waals surface area contributed by atoms with Crippen LogP contribution >= 0.6 is 0 Å². The minimum absolute atomic E-state index is 0.191. The number of hydrogen-bond acceptors (Lipinski definition) is 12. The maximum atomic E-state index is 11.1. The van der Waals surface area contributed by atoms with Crippen LogP contribution in [0.3, 0.4) is 0 Å². The van der Waals surface area contributed by atoms with E-state index in [0.717, 1.165) is 11.6 Å². The van der Waals surface area contributed by atoms with Gasteiger partial charge in [-0.25, -0.2) is 0 Å². The normalized spacial score (nSPS) is 11.0. The van der Waals surface area contributed by atoms with Gasteiger partial charge in [0.2, 0.25) is 0 Å². The van der Waals surface area contributed by atoms with E-state index in [-0.39, 0.29) is 23.7 Å². The predicted octanol–water partition coefficient (Wildman–Crippen LogP) is 3.23. The molecule has 14 heteroatoms. The van der Waals surface area contributed by atoms with Crippen molar-refractivity contribution in [3.63, 3.8) is 0 Å². The molecule has 0 spiro atoms. The number of nitro groups is 2. The molecule has 0 aliphatic carbocycles. The van der Waals surface area contributed by atoms with Crippen LogP contribution in [0, 0.1) is 20.2 Å². The average molecular weight is 582 g/mol. The Bertz CT molecular complexity index is 982. The Kier molecular flexibility index (Phi) is 18.6. The minimum atomic E-state index is -0.679. The van der Waals surface area contributed by atoms with Gasteiger partial charge >= 0.3 is 0 Å². The topological polar surface area (TPSA) is 163 Å². The fourth-order valence-corrected chi connectivity index (χ4v) is 3.28. The first-order valence-corrected chi connectivity index (χ1v) is 13.3. The van der Waals surface area contributed by atoms with E-state index in [1.807, 2.05) is 30.3 Å². The molecule has 0 saturated carbocycles. The highest BCUT2D eigenvalue weighted by atomic mass is 16.6. The van der Waals surface area contributed by atoms with Crippen LogP contribution in [-0.4, -0.2) is 102 Å². The first-order chi connectivity index (χ1) is 20.1. The van der Waals surface area contributed by atoms with E-state index in [1.165, 1.54) is 12.1 Å². The van der Waals surface area contributed by atoms with Crippen LogP contribution in [0.4, 0.5) is 17.1 Å². The van der Waals surface area contributed by atoms with Gasteiger partial charge in [0.05, 0.1) is 108 Å². The monoisotopic (exact) mass is 581 g/mol. The van der Waals surface area contributed by atoms with Gasteiger partial charge < -0.3 is 38.5 Å². The standard InChI is InChI=1S/C27H39N3O11/c31-29(32)25-6-7-26(27(22-25)30(33)34)28-8-9-35-10-11-36-12-13-37-14-15-38-16-17-39-18-19-40-20-21-41-23-24-4-2-1-3-5-24/h1-7,22,28H,8-21,23H2. The van der Waals surface area contributed by atoms with Crippen LogP contribution in [-0.2, 0) is 39.8 Å². The van der Waals surface area contributed by atoms with Crippen LogP contribution in [0.15, 0.2) is 48.5 Å². The third kappa shape index (κ3) is 16.6. The lowest BCUT2D eigenvalue weighted by Gasteiger charge is -2.09. The van der Waals surface area contributed by atoms with E-state index in [2.05, 4.69) is 5.32 Å². The van der Waals surface area contributed by atoms with Crippen LogP contribution in [0.1, 0.15) is 5.56 Å². The van der Waals surface area contributed by atoms with E-state index in [1.54, 1.807) is 0 Å². The molecule has 0 fully saturated rings. The lowest BCUT2D eigenvalue weighted by atomic mass is 10.2. The second-order valence-corrected chi connectivity index (χ2v) is 8.35. The zero-order chi connectivity index (χ0) is 29.4. The van der Waals surface area contributed by atoms with Crippen LogP contribution < -0.4 is 5.32 Å². The van der Waals surface area contributed by atoms with Crippen molar-refractivity contribution in [2.45, 2.75) is 6.61 Å². The van der Waals surface area contributed by atoms with Crippen molar-refractivity contribution in [1.82, 2.24) is 0 Å². The molecule has 0 aromatic heterocycles. The number of ether oxygens (including phenoxy) is 7. The third-order valence-electron chi connectivity index (χ3n) is 5.29. The molecule has 0 bridgehead atoms. The van der Waals surface area contributed by atoms with Crippen LogP contribution in [0.2, 0.25) is 0 Å². The summed E-state index contributed by atoms with van der Waals surface area (Å²) >= 11 is 0.